The van der Waals surface area contributed by atoms with Crippen molar-refractivity contribution < 1.29 is 18.7 Å². The van der Waals surface area contributed by atoms with Crippen molar-refractivity contribution in [2.75, 3.05) is 6.54 Å². The van der Waals surface area contributed by atoms with Crippen LogP contribution in [0.15, 0.2) is 39.6 Å². The first-order valence-electron chi connectivity index (χ1n) is 8.23. The smallest absolute Gasteiger partial charge is 0.290 e. The van der Waals surface area contributed by atoms with E-state index in [2.05, 4.69) is 0 Å². The molecule has 0 saturated carbocycles. The average molecular weight is 317 g/mol. The molecule has 3 rings (SSSR count). The lowest BCUT2D eigenvalue weighted by Crippen LogP contribution is -2.41. The quantitative estimate of drug-likeness (QED) is 0.934. The lowest BCUT2D eigenvalue weighted by atomic mass is 10.0. The summed E-state index contributed by atoms with van der Waals surface area (Å²) in [6, 6.07) is 5.33. The van der Waals surface area contributed by atoms with E-state index in [4.69, 9.17) is 8.83 Å². The molecule has 2 unspecified atom stereocenters. The fraction of sp³-hybridized carbons (Fsp3) is 0.500. The van der Waals surface area contributed by atoms with Gasteiger partial charge in [-0.25, -0.2) is 0 Å². The molecule has 1 saturated heterocycles. The molecule has 3 heterocycles. The largest absolute Gasteiger partial charge is 0.467 e. The average Bonchev–Trinajstić information content (AvgIpc) is 3.16. The second-order valence-electron chi connectivity index (χ2n) is 6.20. The van der Waals surface area contributed by atoms with Gasteiger partial charge in [0.15, 0.2) is 5.76 Å². The molecule has 23 heavy (non-hydrogen) atoms. The van der Waals surface area contributed by atoms with Gasteiger partial charge in [0, 0.05) is 24.6 Å². The molecule has 1 aliphatic heterocycles. The van der Waals surface area contributed by atoms with E-state index in [-0.39, 0.29) is 11.9 Å². The Bertz CT molecular complexity index is 631. The number of aryl methyl sites for hydroxylation is 1. The van der Waals surface area contributed by atoms with E-state index in [0.29, 0.717) is 24.5 Å². The molecule has 0 aliphatic carbocycles. The van der Waals surface area contributed by atoms with E-state index in [1.807, 2.05) is 11.8 Å². The van der Waals surface area contributed by atoms with Gasteiger partial charge in [0.1, 0.15) is 11.9 Å². The van der Waals surface area contributed by atoms with Crippen LogP contribution in [0.4, 0.5) is 0 Å². The van der Waals surface area contributed by atoms with Gasteiger partial charge in [0.05, 0.1) is 12.5 Å². The van der Waals surface area contributed by atoms with Crippen molar-refractivity contribution in [1.82, 2.24) is 4.90 Å². The standard InChI is InChI=1S/C18H23NO4/c1-13-8-11-23-17(13)18(21)19-9-4-2-3-6-14(19)12-15(20)16-7-5-10-22-16/h5,7-8,10-11,14-15,20H,2-4,6,9,12H2,1H3. The number of amides is 1. The molecule has 1 amide bonds. The Labute approximate surface area is 135 Å². The SMILES string of the molecule is Cc1ccoc1C(=O)N1CCCCCC1CC(O)c1ccco1. The van der Waals surface area contributed by atoms with Crippen molar-refractivity contribution in [2.45, 2.75) is 51.2 Å². The van der Waals surface area contributed by atoms with Crippen LogP contribution in [0.3, 0.4) is 0 Å². The fourth-order valence-corrected chi connectivity index (χ4v) is 3.27. The molecule has 1 N–H and O–H groups in total. The third-order valence-corrected chi connectivity index (χ3v) is 4.56. The summed E-state index contributed by atoms with van der Waals surface area (Å²) in [4.78, 5) is 14.7. The molecule has 1 fully saturated rings. The lowest BCUT2D eigenvalue weighted by molar-refractivity contribution is 0.0528. The summed E-state index contributed by atoms with van der Waals surface area (Å²) in [6.07, 6.45) is 6.95. The van der Waals surface area contributed by atoms with E-state index in [1.165, 1.54) is 0 Å². The normalized spacial score (nSPS) is 20.3. The van der Waals surface area contributed by atoms with Crippen molar-refractivity contribution in [2.24, 2.45) is 0 Å². The molecule has 0 radical (unpaired) electrons. The summed E-state index contributed by atoms with van der Waals surface area (Å²) in [5, 5.41) is 10.4. The highest BCUT2D eigenvalue weighted by Crippen LogP contribution is 2.28. The van der Waals surface area contributed by atoms with Crippen LogP contribution in [0.5, 0.6) is 0 Å². The molecule has 0 bridgehead atoms. The van der Waals surface area contributed by atoms with Crippen LogP contribution in [-0.4, -0.2) is 28.5 Å². The molecule has 0 spiro atoms. The maximum Gasteiger partial charge on any atom is 0.290 e. The van der Waals surface area contributed by atoms with Crippen molar-refractivity contribution in [3.63, 3.8) is 0 Å². The van der Waals surface area contributed by atoms with Gasteiger partial charge in [-0.3, -0.25) is 4.79 Å². The molecule has 124 valence electrons. The summed E-state index contributed by atoms with van der Waals surface area (Å²) in [5.41, 5.74) is 0.851. The Morgan fingerprint density at radius 2 is 2.17 bits per heavy atom. The van der Waals surface area contributed by atoms with Crippen LogP contribution in [0, 0.1) is 6.92 Å². The number of aliphatic hydroxyl groups is 1. The van der Waals surface area contributed by atoms with E-state index in [9.17, 15) is 9.90 Å². The number of rotatable bonds is 4. The van der Waals surface area contributed by atoms with Crippen LogP contribution < -0.4 is 0 Å². The molecule has 0 aromatic carbocycles. The van der Waals surface area contributed by atoms with Gasteiger partial charge in [0.2, 0.25) is 0 Å². The molecular weight excluding hydrogens is 294 g/mol. The number of nitrogens with zero attached hydrogens (tertiary/aromatic N) is 1. The van der Waals surface area contributed by atoms with E-state index >= 15 is 0 Å². The van der Waals surface area contributed by atoms with Crippen molar-refractivity contribution in [3.05, 3.63) is 47.8 Å². The molecule has 2 aromatic heterocycles. The maximum atomic E-state index is 12.8. The van der Waals surface area contributed by atoms with Crippen LogP contribution in [0.25, 0.3) is 0 Å². The summed E-state index contributed by atoms with van der Waals surface area (Å²) in [5.74, 6) is 0.881. The first-order chi connectivity index (χ1) is 11.2. The number of likely N-dealkylation sites (tertiary alicyclic amines) is 1. The maximum absolute atomic E-state index is 12.8. The molecule has 5 nitrogen and oxygen atoms in total. The van der Waals surface area contributed by atoms with E-state index in [1.54, 1.807) is 30.7 Å². The molecule has 1 aliphatic rings. The molecular formula is C18H23NO4. The molecule has 5 heteroatoms. The Morgan fingerprint density at radius 1 is 1.30 bits per heavy atom. The van der Waals surface area contributed by atoms with Gasteiger partial charge in [-0.05, 0) is 38.0 Å². The second-order valence-corrected chi connectivity index (χ2v) is 6.20. The number of carbonyl (C=O) groups excluding carboxylic acids is 1. The van der Waals surface area contributed by atoms with Gasteiger partial charge >= 0.3 is 0 Å². The van der Waals surface area contributed by atoms with Gasteiger partial charge < -0.3 is 18.8 Å². The van der Waals surface area contributed by atoms with Crippen LogP contribution in [0.1, 0.15) is 60.1 Å². The third-order valence-electron chi connectivity index (χ3n) is 4.56. The second kappa shape index (κ2) is 7.04. The monoisotopic (exact) mass is 317 g/mol. The van der Waals surface area contributed by atoms with Crippen LogP contribution in [-0.2, 0) is 0 Å². The van der Waals surface area contributed by atoms with Crippen LogP contribution in [0.2, 0.25) is 0 Å². The molecule has 2 atom stereocenters. The predicted molar refractivity (Wildman–Crippen MR) is 85.0 cm³/mol. The Hall–Kier alpha value is -2.01. The highest BCUT2D eigenvalue weighted by molar-refractivity contribution is 5.93. The Kier molecular flexibility index (Phi) is 4.86. The van der Waals surface area contributed by atoms with Gasteiger partial charge in [-0.15, -0.1) is 0 Å². The van der Waals surface area contributed by atoms with E-state index in [0.717, 1.165) is 31.2 Å². The summed E-state index contributed by atoms with van der Waals surface area (Å²) in [6.45, 7) is 2.58. The summed E-state index contributed by atoms with van der Waals surface area (Å²) in [7, 11) is 0. The van der Waals surface area contributed by atoms with Gasteiger partial charge in [0.25, 0.3) is 5.91 Å². The minimum absolute atomic E-state index is 0.00500. The molecule has 2 aromatic rings. The zero-order valence-corrected chi connectivity index (χ0v) is 13.4. The zero-order valence-electron chi connectivity index (χ0n) is 13.4. The van der Waals surface area contributed by atoms with Crippen molar-refractivity contribution >= 4 is 5.91 Å². The predicted octanol–water partition coefficient (Wildman–Crippen LogP) is 3.69. The van der Waals surface area contributed by atoms with E-state index < -0.39 is 6.10 Å². The number of aliphatic hydroxyl groups excluding tert-OH is 1. The highest BCUT2D eigenvalue weighted by atomic mass is 16.4. The summed E-state index contributed by atoms with van der Waals surface area (Å²) < 4.78 is 10.7. The number of hydrogen-bond acceptors (Lipinski definition) is 4. The first kappa shape index (κ1) is 15.9. The minimum Gasteiger partial charge on any atom is -0.467 e. The lowest BCUT2D eigenvalue weighted by Gasteiger charge is -2.30. The van der Waals surface area contributed by atoms with Gasteiger partial charge in [-0.2, -0.15) is 0 Å². The first-order valence-corrected chi connectivity index (χ1v) is 8.23. The number of hydrogen-bond donors (Lipinski definition) is 1. The third kappa shape index (κ3) is 3.50. The summed E-state index contributed by atoms with van der Waals surface area (Å²) >= 11 is 0. The highest BCUT2D eigenvalue weighted by Gasteiger charge is 2.31. The Balaban J connectivity index is 1.77. The topological polar surface area (TPSA) is 66.8 Å². The number of furan rings is 2. The minimum atomic E-state index is -0.693. The fourth-order valence-electron chi connectivity index (χ4n) is 3.27. The van der Waals surface area contributed by atoms with Gasteiger partial charge in [-0.1, -0.05) is 12.8 Å². The zero-order chi connectivity index (χ0) is 16.2. The number of carbonyl (C=O) groups is 1. The van der Waals surface area contributed by atoms with Crippen LogP contribution >= 0.6 is 0 Å². The van der Waals surface area contributed by atoms with Crippen molar-refractivity contribution in [1.29, 1.82) is 0 Å². The Morgan fingerprint density at radius 3 is 2.87 bits per heavy atom. The van der Waals surface area contributed by atoms with Crippen molar-refractivity contribution in [3.8, 4) is 0 Å².